The third kappa shape index (κ3) is 3.85. The van der Waals surface area contributed by atoms with Crippen LogP contribution in [0, 0.1) is 5.82 Å². The molecular formula is C9H8BrFN2O3. The predicted octanol–water partition coefficient (Wildman–Crippen LogP) is 1.16. The highest BCUT2D eigenvalue weighted by Gasteiger charge is 2.07. The van der Waals surface area contributed by atoms with Gasteiger partial charge in [-0.2, -0.15) is 0 Å². The molecule has 0 aromatic heterocycles. The lowest BCUT2D eigenvalue weighted by atomic mass is 10.3. The van der Waals surface area contributed by atoms with E-state index in [1.165, 1.54) is 18.2 Å². The standard InChI is InChI=1S/C9H8BrFN2O3/c10-6-3-5(11)1-2-7(6)16-4-8(14)13-9(12)15/h1-3H,4H2,(H3,12,13,14,15). The molecule has 1 aromatic carbocycles. The van der Waals surface area contributed by atoms with Crippen molar-refractivity contribution in [1.82, 2.24) is 5.32 Å². The quantitative estimate of drug-likeness (QED) is 0.876. The number of amides is 3. The van der Waals surface area contributed by atoms with Crippen LogP contribution in [0.15, 0.2) is 22.7 Å². The first-order chi connectivity index (χ1) is 7.49. The van der Waals surface area contributed by atoms with Gasteiger partial charge in [-0.3, -0.25) is 10.1 Å². The van der Waals surface area contributed by atoms with Gasteiger partial charge >= 0.3 is 6.03 Å². The van der Waals surface area contributed by atoms with E-state index >= 15 is 0 Å². The fourth-order valence-electron chi connectivity index (χ4n) is 0.909. The summed E-state index contributed by atoms with van der Waals surface area (Å²) in [5.41, 5.74) is 4.73. The molecule has 0 radical (unpaired) electrons. The third-order valence-electron chi connectivity index (χ3n) is 1.52. The molecule has 0 spiro atoms. The summed E-state index contributed by atoms with van der Waals surface area (Å²) in [7, 11) is 0. The molecule has 86 valence electrons. The summed E-state index contributed by atoms with van der Waals surface area (Å²) in [6, 6.07) is 2.79. The van der Waals surface area contributed by atoms with E-state index in [0.29, 0.717) is 10.2 Å². The topological polar surface area (TPSA) is 81.4 Å². The van der Waals surface area contributed by atoms with Gasteiger partial charge in [-0.05, 0) is 34.1 Å². The van der Waals surface area contributed by atoms with Crippen molar-refractivity contribution >= 4 is 27.9 Å². The van der Waals surface area contributed by atoms with Crippen molar-refractivity contribution in [2.24, 2.45) is 5.73 Å². The number of hydrogen-bond acceptors (Lipinski definition) is 3. The molecule has 1 aromatic rings. The van der Waals surface area contributed by atoms with E-state index in [-0.39, 0.29) is 6.61 Å². The SMILES string of the molecule is NC(=O)NC(=O)COc1ccc(F)cc1Br. The average Bonchev–Trinajstić information content (AvgIpc) is 2.15. The van der Waals surface area contributed by atoms with E-state index in [1.54, 1.807) is 0 Å². The van der Waals surface area contributed by atoms with Gasteiger partial charge in [-0.25, -0.2) is 9.18 Å². The number of benzene rings is 1. The van der Waals surface area contributed by atoms with Crippen molar-refractivity contribution in [3.05, 3.63) is 28.5 Å². The lowest BCUT2D eigenvalue weighted by molar-refractivity contribution is -0.121. The number of urea groups is 1. The van der Waals surface area contributed by atoms with Crippen molar-refractivity contribution in [3.8, 4) is 5.75 Å². The number of rotatable bonds is 3. The highest BCUT2D eigenvalue weighted by Crippen LogP contribution is 2.25. The molecule has 0 fully saturated rings. The van der Waals surface area contributed by atoms with Crippen LogP contribution in [-0.2, 0) is 4.79 Å². The normalized spacial score (nSPS) is 9.62. The molecule has 1 rings (SSSR count). The van der Waals surface area contributed by atoms with Crippen molar-refractivity contribution < 1.29 is 18.7 Å². The first-order valence-electron chi connectivity index (χ1n) is 4.16. The van der Waals surface area contributed by atoms with Crippen LogP contribution in [0.2, 0.25) is 0 Å². The first kappa shape index (κ1) is 12.4. The van der Waals surface area contributed by atoms with Crippen LogP contribution < -0.4 is 15.8 Å². The molecule has 3 amide bonds. The highest BCUT2D eigenvalue weighted by atomic mass is 79.9. The van der Waals surface area contributed by atoms with Crippen LogP contribution in [0.4, 0.5) is 9.18 Å². The average molecular weight is 291 g/mol. The van der Waals surface area contributed by atoms with Crippen molar-refractivity contribution in [2.75, 3.05) is 6.61 Å². The minimum atomic E-state index is -0.952. The Morgan fingerprint density at radius 1 is 1.50 bits per heavy atom. The Kier molecular flexibility index (Phi) is 4.24. The Labute approximate surface area is 98.9 Å². The summed E-state index contributed by atoms with van der Waals surface area (Å²) in [6.07, 6.45) is 0. The summed E-state index contributed by atoms with van der Waals surface area (Å²) in [5.74, 6) is -0.814. The number of carbonyl (C=O) groups is 2. The molecule has 0 saturated carbocycles. The van der Waals surface area contributed by atoms with E-state index in [9.17, 15) is 14.0 Å². The zero-order valence-electron chi connectivity index (χ0n) is 8.00. The largest absolute Gasteiger partial charge is 0.483 e. The molecule has 7 heteroatoms. The van der Waals surface area contributed by atoms with E-state index in [0.717, 1.165) is 0 Å². The second-order valence-electron chi connectivity index (χ2n) is 2.78. The Bertz CT molecular complexity index is 425. The van der Waals surface area contributed by atoms with Gasteiger partial charge in [0.2, 0.25) is 0 Å². The molecule has 5 nitrogen and oxygen atoms in total. The Hall–Kier alpha value is -1.63. The maximum absolute atomic E-state index is 12.7. The Morgan fingerprint density at radius 2 is 2.19 bits per heavy atom. The maximum atomic E-state index is 12.7. The van der Waals surface area contributed by atoms with Gasteiger partial charge in [-0.15, -0.1) is 0 Å². The lowest BCUT2D eigenvalue weighted by Crippen LogP contribution is -2.38. The third-order valence-corrected chi connectivity index (χ3v) is 2.14. The van der Waals surface area contributed by atoms with E-state index in [1.807, 2.05) is 5.32 Å². The van der Waals surface area contributed by atoms with E-state index < -0.39 is 17.8 Å². The van der Waals surface area contributed by atoms with Gasteiger partial charge in [0.15, 0.2) is 6.61 Å². The molecule has 0 aliphatic carbocycles. The number of nitrogens with one attached hydrogen (secondary N) is 1. The number of hydrogen-bond donors (Lipinski definition) is 2. The lowest BCUT2D eigenvalue weighted by Gasteiger charge is -2.07. The summed E-state index contributed by atoms with van der Waals surface area (Å²) < 4.78 is 18.1. The number of carbonyl (C=O) groups excluding carboxylic acids is 2. The number of nitrogens with two attached hydrogens (primary N) is 1. The molecule has 0 aliphatic rings. The van der Waals surface area contributed by atoms with Gasteiger partial charge in [0, 0.05) is 0 Å². The molecular weight excluding hydrogens is 283 g/mol. The molecule has 0 saturated heterocycles. The van der Waals surface area contributed by atoms with Crippen LogP contribution in [0.1, 0.15) is 0 Å². The van der Waals surface area contributed by atoms with Crippen molar-refractivity contribution in [1.29, 1.82) is 0 Å². The van der Waals surface area contributed by atoms with Crippen LogP contribution in [0.5, 0.6) is 5.75 Å². The minimum Gasteiger partial charge on any atom is -0.483 e. The first-order valence-corrected chi connectivity index (χ1v) is 4.95. The Balaban J connectivity index is 2.54. The van der Waals surface area contributed by atoms with Gasteiger partial charge in [0.1, 0.15) is 11.6 Å². The van der Waals surface area contributed by atoms with Crippen molar-refractivity contribution in [3.63, 3.8) is 0 Å². The Morgan fingerprint density at radius 3 is 2.75 bits per heavy atom. The van der Waals surface area contributed by atoms with Gasteiger partial charge < -0.3 is 10.5 Å². The number of halogens is 2. The van der Waals surface area contributed by atoms with Crippen LogP contribution in [-0.4, -0.2) is 18.5 Å². The maximum Gasteiger partial charge on any atom is 0.318 e. The summed E-state index contributed by atoms with van der Waals surface area (Å²) >= 11 is 3.06. The fourth-order valence-corrected chi connectivity index (χ4v) is 1.37. The second-order valence-corrected chi connectivity index (χ2v) is 3.63. The number of imide groups is 1. The van der Waals surface area contributed by atoms with Gasteiger partial charge in [0.05, 0.1) is 4.47 Å². The number of ether oxygens (including phenoxy) is 1. The van der Waals surface area contributed by atoms with Crippen LogP contribution in [0.3, 0.4) is 0 Å². The molecule has 3 N–H and O–H groups in total. The van der Waals surface area contributed by atoms with Crippen molar-refractivity contribution in [2.45, 2.75) is 0 Å². The smallest absolute Gasteiger partial charge is 0.318 e. The number of primary amides is 1. The van der Waals surface area contributed by atoms with Gasteiger partial charge in [-0.1, -0.05) is 0 Å². The van der Waals surface area contributed by atoms with Gasteiger partial charge in [0.25, 0.3) is 5.91 Å². The molecule has 0 bridgehead atoms. The second kappa shape index (κ2) is 5.45. The zero-order chi connectivity index (χ0) is 12.1. The van der Waals surface area contributed by atoms with Crippen LogP contribution >= 0.6 is 15.9 Å². The minimum absolute atomic E-state index is 0.293. The summed E-state index contributed by atoms with van der Waals surface area (Å²) in [5, 5.41) is 1.83. The predicted molar refractivity (Wildman–Crippen MR) is 57.3 cm³/mol. The zero-order valence-corrected chi connectivity index (χ0v) is 9.58. The van der Waals surface area contributed by atoms with Crippen LogP contribution in [0.25, 0.3) is 0 Å². The monoisotopic (exact) mass is 290 g/mol. The molecule has 0 unspecified atom stereocenters. The molecule has 0 atom stereocenters. The summed E-state index contributed by atoms with van der Waals surface area (Å²) in [6.45, 7) is -0.382. The fraction of sp³-hybridized carbons (Fsp3) is 0.111. The molecule has 16 heavy (non-hydrogen) atoms. The molecule has 0 heterocycles. The molecule has 0 aliphatic heterocycles. The highest BCUT2D eigenvalue weighted by molar-refractivity contribution is 9.10. The summed E-state index contributed by atoms with van der Waals surface area (Å²) in [4.78, 5) is 21.3. The van der Waals surface area contributed by atoms with E-state index in [2.05, 4.69) is 15.9 Å². The van der Waals surface area contributed by atoms with E-state index in [4.69, 9.17) is 10.5 Å².